The number of alkyl halides is 2. The molecular weight excluding hydrogens is 278 g/mol. The van der Waals surface area contributed by atoms with Crippen LogP contribution in [0.4, 0.5) is 8.78 Å². The van der Waals surface area contributed by atoms with Gasteiger partial charge in [-0.05, 0) is 23.8 Å². The Morgan fingerprint density at radius 2 is 2.33 bits per heavy atom. The van der Waals surface area contributed by atoms with E-state index >= 15 is 0 Å². The Morgan fingerprint density at radius 1 is 1.56 bits per heavy atom. The number of nitrogens with one attached hydrogen (secondary N) is 1. The van der Waals surface area contributed by atoms with Crippen LogP contribution in [0.1, 0.15) is 20.1 Å². The van der Waals surface area contributed by atoms with Gasteiger partial charge in [-0.25, -0.2) is 8.78 Å². The minimum Gasteiger partial charge on any atom is -0.345 e. The molecule has 1 amide bonds. The highest BCUT2D eigenvalue weighted by Gasteiger charge is 2.28. The third kappa shape index (κ3) is 3.21. The van der Waals surface area contributed by atoms with Crippen LogP contribution in [0.15, 0.2) is 6.07 Å². The van der Waals surface area contributed by atoms with E-state index in [0.29, 0.717) is 4.88 Å². The molecule has 2 rings (SSSR count). The summed E-state index contributed by atoms with van der Waals surface area (Å²) in [6.07, 6.45) is 0.955. The van der Waals surface area contributed by atoms with Crippen molar-refractivity contribution in [2.75, 3.05) is 18.8 Å². The smallest absolute Gasteiger partial charge is 0.277 e. The molecule has 0 saturated carbocycles. The van der Waals surface area contributed by atoms with Gasteiger partial charge in [0.1, 0.15) is 0 Å². The first kappa shape index (κ1) is 13.8. The van der Waals surface area contributed by atoms with Gasteiger partial charge in [-0.2, -0.15) is 11.8 Å². The molecule has 3 nitrogen and oxygen atoms in total. The number of amides is 1. The molecule has 0 atom stereocenters. The van der Waals surface area contributed by atoms with Gasteiger partial charge in [-0.15, -0.1) is 11.3 Å². The second-order valence-corrected chi connectivity index (χ2v) is 6.35. The normalized spacial score (nSPS) is 15.3. The molecule has 2 heterocycles. The second kappa shape index (κ2) is 5.54. The van der Waals surface area contributed by atoms with Crippen molar-refractivity contribution in [3.05, 3.63) is 21.4 Å². The molecule has 0 unspecified atom stereocenters. The topological polar surface area (TPSA) is 55.1 Å². The lowest BCUT2D eigenvalue weighted by atomic mass is 10.2. The predicted molar refractivity (Wildman–Crippen MR) is 70.5 cm³/mol. The number of nitrogens with two attached hydrogens (primary N) is 1. The van der Waals surface area contributed by atoms with Crippen LogP contribution < -0.4 is 11.1 Å². The van der Waals surface area contributed by atoms with Gasteiger partial charge in [-0.1, -0.05) is 0 Å². The molecular formula is C11H14F2N2OS2. The minimum absolute atomic E-state index is 0.437. The molecule has 0 aromatic carbocycles. The number of hydrogen-bond acceptors (Lipinski definition) is 4. The molecule has 1 aromatic rings. The molecule has 0 saturated heterocycles. The summed E-state index contributed by atoms with van der Waals surface area (Å²) in [4.78, 5) is 13.5. The largest absolute Gasteiger partial charge is 0.345 e. The maximum absolute atomic E-state index is 12.9. The fourth-order valence-corrected chi connectivity index (χ4v) is 3.92. The lowest BCUT2D eigenvalue weighted by molar-refractivity contribution is 0.0119. The van der Waals surface area contributed by atoms with E-state index in [1.165, 1.54) is 16.2 Å². The third-order valence-corrected chi connectivity index (χ3v) is 4.90. The van der Waals surface area contributed by atoms with Gasteiger partial charge in [-0.3, -0.25) is 4.79 Å². The van der Waals surface area contributed by atoms with Crippen LogP contribution in [-0.4, -0.2) is 30.7 Å². The Kier molecular flexibility index (Phi) is 4.24. The van der Waals surface area contributed by atoms with Crippen LogP contribution in [0.25, 0.3) is 0 Å². The summed E-state index contributed by atoms with van der Waals surface area (Å²) >= 11 is 3.22. The van der Waals surface area contributed by atoms with Crippen molar-refractivity contribution in [2.24, 2.45) is 5.73 Å². The first-order chi connectivity index (χ1) is 8.52. The molecule has 18 heavy (non-hydrogen) atoms. The summed E-state index contributed by atoms with van der Waals surface area (Å²) in [5, 5.41) is 2.23. The van der Waals surface area contributed by atoms with Gasteiger partial charge in [0, 0.05) is 10.6 Å². The number of fused-ring (bicyclic) bond motifs is 1. The average Bonchev–Trinajstić information content (AvgIpc) is 2.80. The molecule has 100 valence electrons. The van der Waals surface area contributed by atoms with Crippen LogP contribution >= 0.6 is 23.1 Å². The van der Waals surface area contributed by atoms with E-state index < -0.39 is 24.9 Å². The van der Waals surface area contributed by atoms with E-state index in [1.54, 1.807) is 0 Å². The monoisotopic (exact) mass is 292 g/mol. The molecule has 7 heteroatoms. The van der Waals surface area contributed by atoms with Gasteiger partial charge >= 0.3 is 0 Å². The van der Waals surface area contributed by atoms with Gasteiger partial charge in [0.05, 0.1) is 18.0 Å². The maximum Gasteiger partial charge on any atom is 0.277 e. The summed E-state index contributed by atoms with van der Waals surface area (Å²) in [6, 6.07) is 1.81. The highest BCUT2D eigenvalue weighted by Crippen LogP contribution is 2.31. The fraction of sp³-hybridized carbons (Fsp3) is 0.545. The molecule has 0 spiro atoms. The molecule has 3 N–H and O–H groups in total. The average molecular weight is 292 g/mol. The second-order valence-electron chi connectivity index (χ2n) is 4.10. The lowest BCUT2D eigenvalue weighted by Crippen LogP contribution is -2.41. The predicted octanol–water partition coefficient (Wildman–Crippen LogP) is 1.86. The first-order valence-corrected chi connectivity index (χ1v) is 7.54. The van der Waals surface area contributed by atoms with Crippen molar-refractivity contribution in [2.45, 2.75) is 18.1 Å². The van der Waals surface area contributed by atoms with Crippen molar-refractivity contribution in [3.8, 4) is 0 Å². The summed E-state index contributed by atoms with van der Waals surface area (Å²) in [6.45, 7) is -1.47. The molecule has 0 fully saturated rings. The molecule has 1 aliphatic rings. The number of hydrogen-bond donors (Lipinski definition) is 2. The van der Waals surface area contributed by atoms with Gasteiger partial charge in [0.2, 0.25) is 0 Å². The SMILES string of the molecule is NCC(F)(F)CNC(=O)c1cc2c(s1)CCSC2. The number of thiophene rings is 1. The fourth-order valence-electron chi connectivity index (χ4n) is 1.63. The molecule has 0 radical (unpaired) electrons. The number of thioether (sulfide) groups is 1. The molecule has 1 aromatic heterocycles. The molecule has 1 aliphatic heterocycles. The van der Waals surface area contributed by atoms with Crippen molar-refractivity contribution in [3.63, 3.8) is 0 Å². The van der Waals surface area contributed by atoms with Crippen molar-refractivity contribution in [1.29, 1.82) is 0 Å². The van der Waals surface area contributed by atoms with Gasteiger partial charge < -0.3 is 11.1 Å². The van der Waals surface area contributed by atoms with E-state index in [1.807, 2.05) is 17.8 Å². The number of aryl methyl sites for hydroxylation is 1. The number of carbonyl (C=O) groups excluding carboxylic acids is 1. The van der Waals surface area contributed by atoms with Crippen molar-refractivity contribution in [1.82, 2.24) is 5.32 Å². The zero-order chi connectivity index (χ0) is 13.2. The Bertz CT molecular complexity index is 425. The van der Waals surface area contributed by atoms with Crippen molar-refractivity contribution < 1.29 is 13.6 Å². The molecule has 0 bridgehead atoms. The van der Waals surface area contributed by atoms with Crippen LogP contribution in [0.2, 0.25) is 0 Å². The van der Waals surface area contributed by atoms with Crippen LogP contribution in [0.3, 0.4) is 0 Å². The summed E-state index contributed by atoms with van der Waals surface area (Å²) in [7, 11) is 0. The van der Waals surface area contributed by atoms with Crippen LogP contribution in [0, 0.1) is 0 Å². The Hall–Kier alpha value is -0.660. The Morgan fingerprint density at radius 3 is 3.00 bits per heavy atom. The van der Waals surface area contributed by atoms with Crippen LogP contribution in [-0.2, 0) is 12.2 Å². The summed E-state index contributed by atoms with van der Waals surface area (Å²) < 4.78 is 25.8. The first-order valence-electron chi connectivity index (χ1n) is 5.57. The quantitative estimate of drug-likeness (QED) is 0.890. The van der Waals surface area contributed by atoms with Crippen LogP contribution in [0.5, 0.6) is 0 Å². The zero-order valence-corrected chi connectivity index (χ0v) is 11.3. The van der Waals surface area contributed by atoms with E-state index in [9.17, 15) is 13.6 Å². The lowest BCUT2D eigenvalue weighted by Gasteiger charge is -2.13. The Balaban J connectivity index is 1.99. The number of rotatable bonds is 4. The summed E-state index contributed by atoms with van der Waals surface area (Å²) in [5.74, 6) is -1.52. The number of carbonyl (C=O) groups is 1. The van der Waals surface area contributed by atoms with Gasteiger partial charge in [0.25, 0.3) is 11.8 Å². The van der Waals surface area contributed by atoms with E-state index in [-0.39, 0.29) is 0 Å². The van der Waals surface area contributed by atoms with E-state index in [0.717, 1.165) is 23.5 Å². The summed E-state index contributed by atoms with van der Waals surface area (Å²) in [5.41, 5.74) is 6.07. The van der Waals surface area contributed by atoms with Crippen molar-refractivity contribution >= 4 is 29.0 Å². The minimum atomic E-state index is -3.04. The maximum atomic E-state index is 12.9. The number of halogens is 2. The zero-order valence-electron chi connectivity index (χ0n) is 9.67. The van der Waals surface area contributed by atoms with E-state index in [4.69, 9.17) is 5.73 Å². The van der Waals surface area contributed by atoms with Gasteiger partial charge in [0.15, 0.2) is 0 Å². The molecule has 0 aliphatic carbocycles. The Labute approximate surface area is 112 Å². The highest BCUT2D eigenvalue weighted by molar-refractivity contribution is 7.98. The third-order valence-electron chi connectivity index (χ3n) is 2.66. The highest BCUT2D eigenvalue weighted by atomic mass is 32.2. The standard InChI is InChI=1S/C11H14F2N2OS2/c12-11(13,5-14)6-15-10(16)9-3-7-4-17-2-1-8(7)18-9/h3H,1-2,4-6,14H2,(H,15,16). The van der Waals surface area contributed by atoms with E-state index in [2.05, 4.69) is 5.32 Å².